The highest BCUT2D eigenvalue weighted by molar-refractivity contribution is 7.90. The first kappa shape index (κ1) is 18.7. The third kappa shape index (κ3) is 3.42. The minimum absolute atomic E-state index is 0.183. The Morgan fingerprint density at radius 1 is 1.25 bits per heavy atom. The maximum Gasteiger partial charge on any atom is 0.222 e. The van der Waals surface area contributed by atoms with Crippen LogP contribution in [0.5, 0.6) is 0 Å². The van der Waals surface area contributed by atoms with E-state index in [-0.39, 0.29) is 10.8 Å². The second kappa shape index (κ2) is 6.74. The number of rotatable bonds is 4. The molecule has 0 saturated heterocycles. The molecular weight excluding hydrogens is 374 g/mol. The van der Waals surface area contributed by atoms with E-state index in [0.717, 1.165) is 29.4 Å². The second-order valence-electron chi connectivity index (χ2n) is 7.77. The lowest BCUT2D eigenvalue weighted by molar-refractivity contribution is -0.114. The van der Waals surface area contributed by atoms with Crippen LogP contribution in [-0.2, 0) is 14.6 Å². The Bertz CT molecular complexity index is 1170. The first-order valence-corrected chi connectivity index (χ1v) is 11.2. The van der Waals surface area contributed by atoms with E-state index < -0.39 is 9.84 Å². The predicted octanol–water partition coefficient (Wildman–Crippen LogP) is 3.90. The number of nitrogens with one attached hydrogen (secondary N) is 1. The van der Waals surface area contributed by atoms with Gasteiger partial charge in [-0.15, -0.1) is 0 Å². The number of pyridine rings is 1. The van der Waals surface area contributed by atoms with Crippen LogP contribution in [0, 0.1) is 5.92 Å². The molecule has 1 aliphatic rings. The van der Waals surface area contributed by atoms with Gasteiger partial charge in [-0.05, 0) is 48.4 Å². The van der Waals surface area contributed by atoms with Crippen LogP contribution in [0.3, 0.4) is 0 Å². The number of hydrogen-bond donors (Lipinski definition) is 1. The topological polar surface area (TPSA) is 81.1 Å². The number of benzene rings is 1. The molecule has 0 radical (unpaired) electrons. The average Bonchev–Trinajstić information content (AvgIpc) is 2.96. The predicted molar refractivity (Wildman–Crippen MR) is 110 cm³/mol. The number of sulfone groups is 1. The van der Waals surface area contributed by atoms with Gasteiger partial charge in [0, 0.05) is 42.7 Å². The number of aromatic nitrogens is 2. The molecular formula is C21H23N3O3S. The summed E-state index contributed by atoms with van der Waals surface area (Å²) in [4.78, 5) is 16.1. The largest absolute Gasteiger partial charge is 0.316 e. The summed E-state index contributed by atoms with van der Waals surface area (Å²) in [6, 6.07) is 8.76. The summed E-state index contributed by atoms with van der Waals surface area (Å²) in [6.45, 7) is 3.69. The number of nitrogens with zero attached hydrogens (tertiary/aromatic N) is 2. The number of amides is 1. The van der Waals surface area contributed by atoms with Gasteiger partial charge in [-0.3, -0.25) is 4.79 Å². The van der Waals surface area contributed by atoms with Crippen molar-refractivity contribution in [1.82, 2.24) is 9.55 Å². The maximum absolute atomic E-state index is 12.0. The standard InChI is InChI=1S/C21H23N3O3S/c1-13-7-15(8-13)19-12-24(16-5-4-6-17(9-16)28(3,26)27)20-10-21(23-14(2)25)22-11-18(19)20/h4-6,9-13,15H,7-8H2,1-3H3,(H,22,23,25)/t13-,15-. The molecule has 0 aliphatic heterocycles. The summed E-state index contributed by atoms with van der Waals surface area (Å²) in [5, 5.41) is 3.76. The molecule has 1 N–H and O–H groups in total. The van der Waals surface area contributed by atoms with Crippen LogP contribution in [0.25, 0.3) is 16.6 Å². The van der Waals surface area contributed by atoms with Gasteiger partial charge in [0.15, 0.2) is 9.84 Å². The zero-order valence-corrected chi connectivity index (χ0v) is 17.0. The molecule has 2 heterocycles. The number of carbonyl (C=O) groups is 1. The van der Waals surface area contributed by atoms with E-state index in [1.165, 1.54) is 18.7 Å². The van der Waals surface area contributed by atoms with Crippen molar-refractivity contribution in [2.75, 3.05) is 11.6 Å². The Morgan fingerprint density at radius 2 is 2.00 bits per heavy atom. The third-order valence-electron chi connectivity index (χ3n) is 5.36. The van der Waals surface area contributed by atoms with E-state index in [1.807, 2.05) is 16.7 Å². The number of carbonyl (C=O) groups excluding carboxylic acids is 1. The lowest BCUT2D eigenvalue weighted by atomic mass is 9.72. The molecule has 1 saturated carbocycles. The first-order valence-electron chi connectivity index (χ1n) is 9.31. The van der Waals surface area contributed by atoms with Crippen LogP contribution in [0.1, 0.15) is 38.2 Å². The Kier molecular flexibility index (Phi) is 4.50. The van der Waals surface area contributed by atoms with Crippen molar-refractivity contribution in [2.45, 2.75) is 37.5 Å². The number of anilines is 1. The molecule has 0 unspecified atom stereocenters. The summed E-state index contributed by atoms with van der Waals surface area (Å²) in [5.41, 5.74) is 2.89. The summed E-state index contributed by atoms with van der Waals surface area (Å²) in [6.07, 6.45) is 7.36. The molecule has 1 aliphatic carbocycles. The Morgan fingerprint density at radius 3 is 2.64 bits per heavy atom. The Labute approximate surface area is 164 Å². The van der Waals surface area contributed by atoms with Crippen molar-refractivity contribution in [2.24, 2.45) is 5.92 Å². The van der Waals surface area contributed by atoms with Gasteiger partial charge < -0.3 is 9.88 Å². The molecule has 3 aromatic rings. The minimum atomic E-state index is -3.30. The number of fused-ring (bicyclic) bond motifs is 1. The molecule has 4 rings (SSSR count). The van der Waals surface area contributed by atoms with Gasteiger partial charge >= 0.3 is 0 Å². The zero-order valence-electron chi connectivity index (χ0n) is 16.1. The smallest absolute Gasteiger partial charge is 0.222 e. The van der Waals surface area contributed by atoms with Crippen molar-refractivity contribution >= 4 is 32.5 Å². The van der Waals surface area contributed by atoms with Gasteiger partial charge in [0.25, 0.3) is 0 Å². The van der Waals surface area contributed by atoms with E-state index in [9.17, 15) is 13.2 Å². The Balaban J connectivity index is 1.90. The van der Waals surface area contributed by atoms with Crippen LogP contribution in [-0.4, -0.2) is 30.1 Å². The van der Waals surface area contributed by atoms with Crippen molar-refractivity contribution in [1.29, 1.82) is 0 Å². The minimum Gasteiger partial charge on any atom is -0.316 e. The molecule has 146 valence electrons. The molecule has 7 heteroatoms. The van der Waals surface area contributed by atoms with Gasteiger partial charge in [-0.25, -0.2) is 13.4 Å². The molecule has 1 aromatic carbocycles. The van der Waals surface area contributed by atoms with Crippen LogP contribution in [0.2, 0.25) is 0 Å². The molecule has 1 fully saturated rings. The van der Waals surface area contributed by atoms with Crippen molar-refractivity contribution < 1.29 is 13.2 Å². The van der Waals surface area contributed by atoms with E-state index in [1.54, 1.807) is 24.4 Å². The van der Waals surface area contributed by atoms with E-state index in [2.05, 4.69) is 23.4 Å². The van der Waals surface area contributed by atoms with Crippen LogP contribution in [0.4, 0.5) is 5.82 Å². The highest BCUT2D eigenvalue weighted by atomic mass is 32.2. The van der Waals surface area contributed by atoms with Gasteiger partial charge in [-0.2, -0.15) is 0 Å². The Hall–Kier alpha value is -2.67. The van der Waals surface area contributed by atoms with Crippen molar-refractivity contribution in [3.63, 3.8) is 0 Å². The lowest BCUT2D eigenvalue weighted by Gasteiger charge is -2.32. The number of hydrogen-bond acceptors (Lipinski definition) is 4. The summed E-state index contributed by atoms with van der Waals surface area (Å²) < 4.78 is 26.0. The highest BCUT2D eigenvalue weighted by Gasteiger charge is 2.30. The average molecular weight is 398 g/mol. The van der Waals surface area contributed by atoms with Gasteiger partial charge in [0.05, 0.1) is 10.4 Å². The van der Waals surface area contributed by atoms with Crippen LogP contribution >= 0.6 is 0 Å². The van der Waals surface area contributed by atoms with E-state index >= 15 is 0 Å². The normalized spacial score (nSPS) is 19.4. The highest BCUT2D eigenvalue weighted by Crippen LogP contribution is 2.44. The SMILES string of the molecule is CC(=O)Nc1cc2c(cn1)c([C@H]1C[C@H](C)C1)cn2-c1cccc(S(C)(=O)=O)c1. The van der Waals surface area contributed by atoms with E-state index in [0.29, 0.717) is 17.7 Å². The fourth-order valence-electron chi connectivity index (χ4n) is 3.95. The van der Waals surface area contributed by atoms with Gasteiger partial charge in [0.1, 0.15) is 5.82 Å². The lowest BCUT2D eigenvalue weighted by Crippen LogP contribution is -2.18. The summed E-state index contributed by atoms with van der Waals surface area (Å²) >= 11 is 0. The molecule has 28 heavy (non-hydrogen) atoms. The first-order chi connectivity index (χ1) is 13.2. The second-order valence-corrected chi connectivity index (χ2v) is 9.78. The molecule has 6 nitrogen and oxygen atoms in total. The van der Waals surface area contributed by atoms with Gasteiger partial charge in [-0.1, -0.05) is 13.0 Å². The van der Waals surface area contributed by atoms with Crippen molar-refractivity contribution in [3.05, 3.63) is 48.3 Å². The fraction of sp³-hybridized carbons (Fsp3) is 0.333. The molecule has 0 spiro atoms. The van der Waals surface area contributed by atoms with Gasteiger partial charge in [0.2, 0.25) is 5.91 Å². The summed E-state index contributed by atoms with van der Waals surface area (Å²) in [7, 11) is -3.30. The third-order valence-corrected chi connectivity index (χ3v) is 6.47. The fourth-order valence-corrected chi connectivity index (χ4v) is 4.61. The molecule has 2 aromatic heterocycles. The van der Waals surface area contributed by atoms with Crippen molar-refractivity contribution in [3.8, 4) is 5.69 Å². The molecule has 1 amide bonds. The molecule has 0 bridgehead atoms. The zero-order chi connectivity index (χ0) is 20.1. The van der Waals surface area contributed by atoms with Crippen LogP contribution < -0.4 is 5.32 Å². The molecule has 0 atom stereocenters. The monoisotopic (exact) mass is 397 g/mol. The van der Waals surface area contributed by atoms with E-state index in [4.69, 9.17) is 0 Å². The van der Waals surface area contributed by atoms with Crippen LogP contribution in [0.15, 0.2) is 47.6 Å². The maximum atomic E-state index is 12.0. The summed E-state index contributed by atoms with van der Waals surface area (Å²) in [5.74, 6) is 1.48. The quantitative estimate of drug-likeness (QED) is 0.724.